The van der Waals surface area contributed by atoms with Crippen molar-refractivity contribution in [3.05, 3.63) is 59.2 Å². The highest BCUT2D eigenvalue weighted by Gasteiger charge is 2.05. The van der Waals surface area contributed by atoms with E-state index in [0.717, 1.165) is 18.0 Å². The standard InChI is InChI=1S/C19H25NO/c1-5-15(3)16-7-9-18(10-8-16)20-13-17-12-14(2)6-11-19(17)21-4/h6-12,15,20H,5,13H2,1-4H3. The van der Waals surface area contributed by atoms with Gasteiger partial charge in [0.15, 0.2) is 0 Å². The van der Waals surface area contributed by atoms with Crippen LogP contribution in [-0.2, 0) is 6.54 Å². The lowest BCUT2D eigenvalue weighted by Gasteiger charge is -2.13. The molecule has 1 unspecified atom stereocenters. The van der Waals surface area contributed by atoms with Gasteiger partial charge in [-0.25, -0.2) is 0 Å². The van der Waals surface area contributed by atoms with Crippen molar-refractivity contribution < 1.29 is 4.74 Å². The highest BCUT2D eigenvalue weighted by Crippen LogP contribution is 2.23. The first-order chi connectivity index (χ1) is 10.1. The molecule has 112 valence electrons. The third kappa shape index (κ3) is 4.01. The molecular formula is C19H25NO. The van der Waals surface area contributed by atoms with E-state index >= 15 is 0 Å². The molecular weight excluding hydrogens is 258 g/mol. The van der Waals surface area contributed by atoms with Crippen molar-refractivity contribution >= 4 is 5.69 Å². The number of anilines is 1. The molecule has 0 aliphatic heterocycles. The molecule has 0 amide bonds. The summed E-state index contributed by atoms with van der Waals surface area (Å²) in [7, 11) is 1.72. The summed E-state index contributed by atoms with van der Waals surface area (Å²) in [5, 5.41) is 3.47. The second-order valence-electron chi connectivity index (χ2n) is 5.60. The maximum atomic E-state index is 5.41. The quantitative estimate of drug-likeness (QED) is 0.793. The monoisotopic (exact) mass is 283 g/mol. The predicted octanol–water partition coefficient (Wildman–Crippen LogP) is 5.13. The highest BCUT2D eigenvalue weighted by atomic mass is 16.5. The van der Waals surface area contributed by atoms with Crippen LogP contribution in [0.1, 0.15) is 42.9 Å². The number of rotatable bonds is 6. The molecule has 1 atom stereocenters. The number of hydrogen-bond donors (Lipinski definition) is 1. The lowest BCUT2D eigenvalue weighted by atomic mass is 9.98. The van der Waals surface area contributed by atoms with E-state index in [-0.39, 0.29) is 0 Å². The Labute approximate surface area is 128 Å². The summed E-state index contributed by atoms with van der Waals surface area (Å²) >= 11 is 0. The molecule has 21 heavy (non-hydrogen) atoms. The Morgan fingerprint density at radius 2 is 1.81 bits per heavy atom. The Bertz CT molecular complexity index is 575. The summed E-state index contributed by atoms with van der Waals surface area (Å²) in [6.45, 7) is 7.36. The molecule has 2 aromatic rings. The first-order valence-electron chi connectivity index (χ1n) is 7.61. The van der Waals surface area contributed by atoms with Crippen LogP contribution >= 0.6 is 0 Å². The summed E-state index contributed by atoms with van der Waals surface area (Å²) in [5.74, 6) is 1.56. The minimum absolute atomic E-state index is 0.621. The molecule has 0 aromatic heterocycles. The molecule has 2 nitrogen and oxygen atoms in total. The minimum Gasteiger partial charge on any atom is -0.496 e. The SMILES string of the molecule is CCC(C)c1ccc(NCc2cc(C)ccc2OC)cc1. The summed E-state index contributed by atoms with van der Waals surface area (Å²) in [6.07, 6.45) is 1.17. The van der Waals surface area contributed by atoms with Crippen molar-refractivity contribution in [2.24, 2.45) is 0 Å². The predicted molar refractivity (Wildman–Crippen MR) is 90.2 cm³/mol. The molecule has 0 radical (unpaired) electrons. The second kappa shape index (κ2) is 7.16. The van der Waals surface area contributed by atoms with Crippen LogP contribution in [-0.4, -0.2) is 7.11 Å². The number of hydrogen-bond acceptors (Lipinski definition) is 2. The van der Waals surface area contributed by atoms with Gasteiger partial charge in [-0.15, -0.1) is 0 Å². The zero-order valence-electron chi connectivity index (χ0n) is 13.4. The molecule has 2 heteroatoms. The van der Waals surface area contributed by atoms with Gasteiger partial charge in [-0.1, -0.05) is 43.7 Å². The Hall–Kier alpha value is -1.96. The van der Waals surface area contributed by atoms with Crippen molar-refractivity contribution in [2.75, 3.05) is 12.4 Å². The molecule has 0 aliphatic rings. The fourth-order valence-electron chi connectivity index (χ4n) is 2.41. The average molecular weight is 283 g/mol. The van der Waals surface area contributed by atoms with Crippen LogP contribution in [0.2, 0.25) is 0 Å². The van der Waals surface area contributed by atoms with Gasteiger partial charge in [0.25, 0.3) is 0 Å². The van der Waals surface area contributed by atoms with Crippen LogP contribution in [0.5, 0.6) is 5.75 Å². The second-order valence-corrected chi connectivity index (χ2v) is 5.60. The zero-order chi connectivity index (χ0) is 15.2. The third-order valence-electron chi connectivity index (χ3n) is 4.01. The average Bonchev–Trinajstić information content (AvgIpc) is 2.52. The van der Waals surface area contributed by atoms with Gasteiger partial charge in [0.05, 0.1) is 7.11 Å². The number of nitrogens with one attached hydrogen (secondary N) is 1. The Morgan fingerprint density at radius 1 is 1.10 bits per heavy atom. The third-order valence-corrected chi connectivity index (χ3v) is 4.01. The summed E-state index contributed by atoms with van der Waals surface area (Å²) < 4.78 is 5.41. The van der Waals surface area contributed by atoms with E-state index < -0.39 is 0 Å². The maximum Gasteiger partial charge on any atom is 0.123 e. The van der Waals surface area contributed by atoms with Crippen LogP contribution < -0.4 is 10.1 Å². The van der Waals surface area contributed by atoms with Crippen molar-refractivity contribution in [1.29, 1.82) is 0 Å². The van der Waals surface area contributed by atoms with Gasteiger partial charge in [-0.3, -0.25) is 0 Å². The smallest absolute Gasteiger partial charge is 0.123 e. The topological polar surface area (TPSA) is 21.3 Å². The van der Waals surface area contributed by atoms with Crippen LogP contribution in [0.4, 0.5) is 5.69 Å². The van der Waals surface area contributed by atoms with Gasteiger partial charge in [-0.2, -0.15) is 0 Å². The van der Waals surface area contributed by atoms with E-state index in [2.05, 4.69) is 62.5 Å². The van der Waals surface area contributed by atoms with E-state index in [0.29, 0.717) is 5.92 Å². The first-order valence-corrected chi connectivity index (χ1v) is 7.61. The molecule has 0 heterocycles. The van der Waals surface area contributed by atoms with Gasteiger partial charge in [0, 0.05) is 17.8 Å². The Morgan fingerprint density at radius 3 is 2.43 bits per heavy atom. The van der Waals surface area contributed by atoms with E-state index in [1.807, 2.05) is 6.07 Å². The van der Waals surface area contributed by atoms with Gasteiger partial charge in [-0.05, 0) is 43.0 Å². The van der Waals surface area contributed by atoms with Crippen molar-refractivity contribution in [2.45, 2.75) is 39.7 Å². The Kier molecular flexibility index (Phi) is 5.26. The largest absolute Gasteiger partial charge is 0.496 e. The molecule has 2 aromatic carbocycles. The van der Waals surface area contributed by atoms with Gasteiger partial charge >= 0.3 is 0 Å². The van der Waals surface area contributed by atoms with Crippen LogP contribution in [0.3, 0.4) is 0 Å². The van der Waals surface area contributed by atoms with Crippen LogP contribution in [0.25, 0.3) is 0 Å². The molecule has 0 saturated carbocycles. The maximum absolute atomic E-state index is 5.41. The van der Waals surface area contributed by atoms with E-state index in [1.54, 1.807) is 7.11 Å². The van der Waals surface area contributed by atoms with Crippen molar-refractivity contribution in [3.63, 3.8) is 0 Å². The van der Waals surface area contributed by atoms with Crippen LogP contribution in [0.15, 0.2) is 42.5 Å². The molecule has 1 N–H and O–H groups in total. The summed E-state index contributed by atoms with van der Waals surface area (Å²) in [6, 6.07) is 15.0. The van der Waals surface area contributed by atoms with Gasteiger partial charge in [0.2, 0.25) is 0 Å². The molecule has 0 fully saturated rings. The molecule has 2 rings (SSSR count). The van der Waals surface area contributed by atoms with E-state index in [9.17, 15) is 0 Å². The highest BCUT2D eigenvalue weighted by molar-refractivity contribution is 5.47. The number of ether oxygens (including phenoxy) is 1. The minimum atomic E-state index is 0.621. The number of benzene rings is 2. The molecule has 0 bridgehead atoms. The number of aryl methyl sites for hydroxylation is 1. The molecule has 0 aliphatic carbocycles. The Balaban J connectivity index is 2.04. The van der Waals surface area contributed by atoms with Crippen molar-refractivity contribution in [3.8, 4) is 5.75 Å². The van der Waals surface area contributed by atoms with Crippen LogP contribution in [0, 0.1) is 6.92 Å². The summed E-state index contributed by atoms with van der Waals surface area (Å²) in [4.78, 5) is 0. The normalized spacial score (nSPS) is 12.0. The lowest BCUT2D eigenvalue weighted by molar-refractivity contribution is 0.410. The number of methoxy groups -OCH3 is 1. The fourth-order valence-corrected chi connectivity index (χ4v) is 2.41. The molecule has 0 saturated heterocycles. The van der Waals surface area contributed by atoms with Gasteiger partial charge in [0.1, 0.15) is 5.75 Å². The van der Waals surface area contributed by atoms with E-state index in [4.69, 9.17) is 4.74 Å². The van der Waals surface area contributed by atoms with Gasteiger partial charge < -0.3 is 10.1 Å². The fraction of sp³-hybridized carbons (Fsp3) is 0.368. The van der Waals surface area contributed by atoms with E-state index in [1.165, 1.54) is 23.1 Å². The summed E-state index contributed by atoms with van der Waals surface area (Å²) in [5.41, 5.74) is 4.98. The molecule has 0 spiro atoms. The first kappa shape index (κ1) is 15.4. The lowest BCUT2D eigenvalue weighted by Crippen LogP contribution is -2.02. The van der Waals surface area contributed by atoms with Crippen molar-refractivity contribution in [1.82, 2.24) is 0 Å². The zero-order valence-corrected chi connectivity index (χ0v) is 13.4.